The Morgan fingerprint density at radius 3 is 2.28 bits per heavy atom. The number of benzene rings is 1. The second-order valence-corrected chi connectivity index (χ2v) is 4.06. The minimum Gasteiger partial charge on any atom is -0.497 e. The van der Waals surface area contributed by atoms with E-state index in [1.807, 2.05) is 13.8 Å². The number of aliphatic hydroxyl groups is 1. The van der Waals surface area contributed by atoms with Crippen molar-refractivity contribution in [3.05, 3.63) is 29.8 Å². The highest BCUT2D eigenvalue weighted by Gasteiger charge is 2.16. The maximum absolute atomic E-state index is 11.9. The third-order valence-electron chi connectivity index (χ3n) is 2.98. The summed E-state index contributed by atoms with van der Waals surface area (Å²) in [4.78, 5) is 13.6. The summed E-state index contributed by atoms with van der Waals surface area (Å²) in [6, 6.07) is 7.11. The van der Waals surface area contributed by atoms with Crippen LogP contribution in [-0.2, 0) is 4.79 Å². The molecule has 0 fully saturated rings. The molecule has 0 heterocycles. The van der Waals surface area contributed by atoms with Crippen LogP contribution in [0.3, 0.4) is 0 Å². The summed E-state index contributed by atoms with van der Waals surface area (Å²) >= 11 is 0. The summed E-state index contributed by atoms with van der Waals surface area (Å²) in [7, 11) is 1.59. The molecule has 0 saturated carbocycles. The van der Waals surface area contributed by atoms with Crippen molar-refractivity contribution in [2.75, 3.05) is 20.2 Å². The summed E-state index contributed by atoms with van der Waals surface area (Å²) in [6.45, 7) is 5.21. The Hall–Kier alpha value is -1.55. The summed E-state index contributed by atoms with van der Waals surface area (Å²) in [5.41, 5.74) is 0.733. The van der Waals surface area contributed by atoms with Crippen molar-refractivity contribution in [1.82, 2.24) is 4.90 Å². The van der Waals surface area contributed by atoms with E-state index in [4.69, 9.17) is 4.74 Å². The summed E-state index contributed by atoms with van der Waals surface area (Å²) in [5.74, 6) is 0.712. The van der Waals surface area contributed by atoms with Crippen molar-refractivity contribution >= 4 is 5.91 Å². The van der Waals surface area contributed by atoms with Gasteiger partial charge >= 0.3 is 0 Å². The van der Waals surface area contributed by atoms with Gasteiger partial charge < -0.3 is 14.7 Å². The summed E-state index contributed by atoms with van der Waals surface area (Å²) in [5, 5.41) is 10.0. The van der Waals surface area contributed by atoms with Crippen molar-refractivity contribution < 1.29 is 14.6 Å². The fraction of sp³-hybridized carbons (Fsp3) is 0.500. The van der Waals surface area contributed by atoms with Gasteiger partial charge in [-0.2, -0.15) is 0 Å². The van der Waals surface area contributed by atoms with Crippen LogP contribution < -0.4 is 4.74 Å². The molecule has 18 heavy (non-hydrogen) atoms. The molecular weight excluding hydrogens is 230 g/mol. The zero-order valence-corrected chi connectivity index (χ0v) is 11.2. The topological polar surface area (TPSA) is 49.8 Å². The molecular formula is C14H21NO3. The number of aliphatic hydroxyl groups excluding tert-OH is 1. The highest BCUT2D eigenvalue weighted by Crippen LogP contribution is 2.20. The number of hydrogen-bond acceptors (Lipinski definition) is 3. The predicted molar refractivity (Wildman–Crippen MR) is 70.5 cm³/mol. The van der Waals surface area contributed by atoms with E-state index < -0.39 is 6.10 Å². The average molecular weight is 251 g/mol. The first-order valence-electron chi connectivity index (χ1n) is 6.22. The SMILES string of the molecule is CCN(CC)C(=O)CC(O)c1ccc(OC)cc1. The van der Waals surface area contributed by atoms with Gasteiger partial charge in [-0.1, -0.05) is 12.1 Å². The Bertz CT molecular complexity index is 371. The highest BCUT2D eigenvalue weighted by atomic mass is 16.5. The minimum atomic E-state index is -0.760. The first-order chi connectivity index (χ1) is 8.62. The number of rotatable bonds is 6. The predicted octanol–water partition coefficient (Wildman–Crippen LogP) is 1.99. The Balaban J connectivity index is 2.63. The molecule has 1 atom stereocenters. The van der Waals surface area contributed by atoms with Crippen LogP contribution in [0.15, 0.2) is 24.3 Å². The van der Waals surface area contributed by atoms with Crippen LogP contribution in [0, 0.1) is 0 Å². The van der Waals surface area contributed by atoms with E-state index in [2.05, 4.69) is 0 Å². The molecule has 4 heteroatoms. The molecule has 1 amide bonds. The van der Waals surface area contributed by atoms with Gasteiger partial charge in [-0.05, 0) is 31.5 Å². The molecule has 1 N–H and O–H groups in total. The third kappa shape index (κ3) is 3.74. The molecule has 0 aliphatic rings. The third-order valence-corrected chi connectivity index (χ3v) is 2.98. The molecule has 0 bridgehead atoms. The Morgan fingerprint density at radius 2 is 1.83 bits per heavy atom. The van der Waals surface area contributed by atoms with Crippen molar-refractivity contribution in [1.29, 1.82) is 0 Å². The van der Waals surface area contributed by atoms with Crippen molar-refractivity contribution in [2.24, 2.45) is 0 Å². The monoisotopic (exact) mass is 251 g/mol. The molecule has 0 aliphatic heterocycles. The standard InChI is InChI=1S/C14H21NO3/c1-4-15(5-2)14(17)10-13(16)11-6-8-12(18-3)9-7-11/h6-9,13,16H,4-5,10H2,1-3H3. The first-order valence-corrected chi connectivity index (χ1v) is 6.22. The number of amides is 1. The molecule has 0 radical (unpaired) electrons. The van der Waals surface area contributed by atoms with E-state index in [1.165, 1.54) is 0 Å². The van der Waals surface area contributed by atoms with Crippen LogP contribution in [-0.4, -0.2) is 36.1 Å². The first kappa shape index (κ1) is 14.5. The van der Waals surface area contributed by atoms with Gasteiger partial charge in [-0.25, -0.2) is 0 Å². The smallest absolute Gasteiger partial charge is 0.225 e. The zero-order valence-electron chi connectivity index (χ0n) is 11.2. The van der Waals surface area contributed by atoms with Gasteiger partial charge in [0.1, 0.15) is 5.75 Å². The van der Waals surface area contributed by atoms with E-state index in [0.717, 1.165) is 11.3 Å². The summed E-state index contributed by atoms with van der Waals surface area (Å²) < 4.78 is 5.05. The molecule has 0 saturated heterocycles. The highest BCUT2D eigenvalue weighted by molar-refractivity contribution is 5.76. The molecule has 100 valence electrons. The van der Waals surface area contributed by atoms with E-state index in [1.54, 1.807) is 36.3 Å². The molecule has 0 aromatic heterocycles. The van der Waals surface area contributed by atoms with E-state index in [0.29, 0.717) is 13.1 Å². The Morgan fingerprint density at radius 1 is 1.28 bits per heavy atom. The maximum atomic E-state index is 11.9. The molecule has 1 rings (SSSR count). The van der Waals surface area contributed by atoms with Gasteiger partial charge in [0, 0.05) is 13.1 Å². The van der Waals surface area contributed by atoms with Crippen LogP contribution in [0.5, 0.6) is 5.75 Å². The van der Waals surface area contributed by atoms with Crippen LogP contribution in [0.1, 0.15) is 31.9 Å². The van der Waals surface area contributed by atoms with Crippen molar-refractivity contribution in [2.45, 2.75) is 26.4 Å². The van der Waals surface area contributed by atoms with Crippen LogP contribution >= 0.6 is 0 Å². The number of nitrogens with zero attached hydrogens (tertiary/aromatic N) is 1. The number of ether oxygens (including phenoxy) is 1. The second-order valence-electron chi connectivity index (χ2n) is 4.06. The van der Waals surface area contributed by atoms with Gasteiger partial charge in [0.2, 0.25) is 5.91 Å². The van der Waals surface area contributed by atoms with Crippen molar-refractivity contribution in [3.8, 4) is 5.75 Å². The van der Waals surface area contributed by atoms with Gasteiger partial charge in [0.05, 0.1) is 19.6 Å². The van der Waals surface area contributed by atoms with Gasteiger partial charge in [0.25, 0.3) is 0 Å². The Kier molecular flexibility index (Phi) is 5.65. The Labute approximate surface area is 108 Å². The lowest BCUT2D eigenvalue weighted by Gasteiger charge is -2.20. The van der Waals surface area contributed by atoms with E-state index in [-0.39, 0.29) is 12.3 Å². The van der Waals surface area contributed by atoms with Crippen LogP contribution in [0.4, 0.5) is 0 Å². The fourth-order valence-electron chi connectivity index (χ4n) is 1.81. The molecule has 1 unspecified atom stereocenters. The molecule has 1 aromatic carbocycles. The van der Waals surface area contributed by atoms with Crippen LogP contribution in [0.2, 0.25) is 0 Å². The summed E-state index contributed by atoms with van der Waals surface area (Å²) in [6.07, 6.45) is -0.641. The van der Waals surface area contributed by atoms with Crippen LogP contribution in [0.25, 0.3) is 0 Å². The molecule has 0 spiro atoms. The lowest BCUT2D eigenvalue weighted by Crippen LogP contribution is -2.31. The van der Waals surface area contributed by atoms with E-state index >= 15 is 0 Å². The number of methoxy groups -OCH3 is 1. The van der Waals surface area contributed by atoms with Crippen molar-refractivity contribution in [3.63, 3.8) is 0 Å². The van der Waals surface area contributed by atoms with Gasteiger partial charge in [0.15, 0.2) is 0 Å². The normalized spacial score (nSPS) is 12.0. The number of hydrogen-bond donors (Lipinski definition) is 1. The minimum absolute atomic E-state index is 0.0247. The molecule has 4 nitrogen and oxygen atoms in total. The number of carbonyl (C=O) groups is 1. The van der Waals surface area contributed by atoms with Gasteiger partial charge in [-0.3, -0.25) is 4.79 Å². The maximum Gasteiger partial charge on any atom is 0.225 e. The lowest BCUT2D eigenvalue weighted by molar-refractivity contribution is -0.132. The fourth-order valence-corrected chi connectivity index (χ4v) is 1.81. The molecule has 0 aliphatic carbocycles. The average Bonchev–Trinajstić information content (AvgIpc) is 2.40. The lowest BCUT2D eigenvalue weighted by atomic mass is 10.1. The quantitative estimate of drug-likeness (QED) is 0.841. The largest absolute Gasteiger partial charge is 0.497 e. The van der Waals surface area contributed by atoms with Gasteiger partial charge in [-0.15, -0.1) is 0 Å². The second kappa shape index (κ2) is 7.01. The number of carbonyl (C=O) groups excluding carboxylic acids is 1. The molecule has 1 aromatic rings. The van der Waals surface area contributed by atoms with E-state index in [9.17, 15) is 9.90 Å². The zero-order chi connectivity index (χ0) is 13.5.